The number of rotatable bonds is 9. The van der Waals surface area contributed by atoms with E-state index in [0.29, 0.717) is 5.56 Å². The van der Waals surface area contributed by atoms with Crippen LogP contribution in [-0.2, 0) is 47.6 Å². The van der Waals surface area contributed by atoms with Crippen molar-refractivity contribution in [1.29, 1.82) is 0 Å². The molecule has 0 aromatic heterocycles. The summed E-state index contributed by atoms with van der Waals surface area (Å²) in [6, 6.07) is 13.5. The van der Waals surface area contributed by atoms with Crippen LogP contribution in [-0.4, -0.2) is 74.3 Å². The standard InChI is InChI=1S/C28H30O12/c1-15(29)35-14-23-24(36-16(2)30)25(37-17(3)31)26(38-18(4)32)28(40-23)39-22-8-6-7-21(13-22)19-9-11-20(12-10-19)27(33)34-5/h6-13,23-26,28H,14H2,1-5H3/t23-,24-,25+,26+,28-/m1/s1. The van der Waals surface area contributed by atoms with Gasteiger partial charge in [-0.3, -0.25) is 19.2 Å². The van der Waals surface area contributed by atoms with Crippen LogP contribution in [0.4, 0.5) is 0 Å². The Morgan fingerprint density at radius 1 is 0.725 bits per heavy atom. The largest absolute Gasteiger partial charge is 0.465 e. The van der Waals surface area contributed by atoms with Gasteiger partial charge >= 0.3 is 29.8 Å². The van der Waals surface area contributed by atoms with Crippen LogP contribution in [0.5, 0.6) is 5.75 Å². The Hall–Kier alpha value is -4.45. The first-order valence-corrected chi connectivity index (χ1v) is 12.2. The highest BCUT2D eigenvalue weighted by Crippen LogP contribution is 2.32. The second-order valence-electron chi connectivity index (χ2n) is 8.78. The zero-order valence-electron chi connectivity index (χ0n) is 22.6. The number of benzene rings is 2. The molecule has 0 unspecified atom stereocenters. The van der Waals surface area contributed by atoms with Crippen LogP contribution in [0, 0.1) is 0 Å². The van der Waals surface area contributed by atoms with Gasteiger partial charge in [0.25, 0.3) is 0 Å². The third-order valence-corrected chi connectivity index (χ3v) is 5.67. The highest BCUT2D eigenvalue weighted by atomic mass is 16.7. The summed E-state index contributed by atoms with van der Waals surface area (Å²) in [5, 5.41) is 0. The van der Waals surface area contributed by atoms with E-state index in [9.17, 15) is 24.0 Å². The average molecular weight is 559 g/mol. The van der Waals surface area contributed by atoms with Crippen LogP contribution in [0.2, 0.25) is 0 Å². The lowest BCUT2D eigenvalue weighted by Crippen LogP contribution is -2.63. The van der Waals surface area contributed by atoms with Crippen molar-refractivity contribution in [2.75, 3.05) is 13.7 Å². The topological polar surface area (TPSA) is 150 Å². The quantitative estimate of drug-likeness (QED) is 0.329. The summed E-state index contributed by atoms with van der Waals surface area (Å²) in [6.07, 6.45) is -6.49. The van der Waals surface area contributed by atoms with E-state index >= 15 is 0 Å². The van der Waals surface area contributed by atoms with Gasteiger partial charge in [0.15, 0.2) is 12.2 Å². The molecule has 1 aliphatic rings. The lowest BCUT2D eigenvalue weighted by atomic mass is 9.98. The molecular weight excluding hydrogens is 528 g/mol. The van der Waals surface area contributed by atoms with Crippen molar-refractivity contribution < 1.29 is 57.1 Å². The number of methoxy groups -OCH3 is 1. The fourth-order valence-electron chi connectivity index (χ4n) is 4.08. The summed E-state index contributed by atoms with van der Waals surface area (Å²) in [4.78, 5) is 59.2. The number of ether oxygens (including phenoxy) is 7. The maximum atomic E-state index is 12.0. The van der Waals surface area contributed by atoms with Gasteiger partial charge < -0.3 is 33.2 Å². The minimum absolute atomic E-state index is 0.287. The first kappa shape index (κ1) is 30.1. The summed E-state index contributed by atoms with van der Waals surface area (Å²) in [5.74, 6) is -3.02. The maximum Gasteiger partial charge on any atom is 0.337 e. The summed E-state index contributed by atoms with van der Waals surface area (Å²) in [7, 11) is 1.30. The Labute approximate surface area is 230 Å². The molecule has 1 saturated heterocycles. The van der Waals surface area contributed by atoms with E-state index in [1.54, 1.807) is 42.5 Å². The first-order valence-electron chi connectivity index (χ1n) is 12.2. The smallest absolute Gasteiger partial charge is 0.337 e. The molecule has 2 aromatic rings. The molecule has 5 atom stereocenters. The second-order valence-corrected chi connectivity index (χ2v) is 8.78. The summed E-state index contributed by atoms with van der Waals surface area (Å²) in [6.45, 7) is 4.24. The van der Waals surface area contributed by atoms with Crippen LogP contribution >= 0.6 is 0 Å². The van der Waals surface area contributed by atoms with Crippen molar-refractivity contribution in [2.24, 2.45) is 0 Å². The Balaban J connectivity index is 1.96. The molecule has 2 aromatic carbocycles. The minimum Gasteiger partial charge on any atom is -0.465 e. The van der Waals surface area contributed by atoms with E-state index in [-0.39, 0.29) is 12.4 Å². The number of carbonyl (C=O) groups is 5. The molecule has 0 aliphatic carbocycles. The molecule has 12 nitrogen and oxygen atoms in total. The number of carbonyl (C=O) groups excluding carboxylic acids is 5. The maximum absolute atomic E-state index is 12.0. The number of esters is 5. The van der Waals surface area contributed by atoms with E-state index in [0.717, 1.165) is 31.9 Å². The highest BCUT2D eigenvalue weighted by molar-refractivity contribution is 5.90. The van der Waals surface area contributed by atoms with Crippen molar-refractivity contribution in [2.45, 2.75) is 58.4 Å². The Morgan fingerprint density at radius 3 is 1.90 bits per heavy atom. The fraction of sp³-hybridized carbons (Fsp3) is 0.393. The molecule has 1 aliphatic heterocycles. The number of hydrogen-bond donors (Lipinski definition) is 0. The summed E-state index contributed by atoms with van der Waals surface area (Å²) in [5.41, 5.74) is 1.87. The lowest BCUT2D eigenvalue weighted by Gasteiger charge is -2.43. The van der Waals surface area contributed by atoms with Gasteiger partial charge in [-0.1, -0.05) is 24.3 Å². The average Bonchev–Trinajstić information content (AvgIpc) is 2.90. The van der Waals surface area contributed by atoms with Crippen molar-refractivity contribution in [3.8, 4) is 16.9 Å². The molecule has 0 amide bonds. The normalized spacial score (nSPS) is 21.9. The van der Waals surface area contributed by atoms with Crippen LogP contribution in [0.15, 0.2) is 48.5 Å². The van der Waals surface area contributed by atoms with E-state index in [1.165, 1.54) is 14.0 Å². The lowest BCUT2D eigenvalue weighted by molar-refractivity contribution is -0.288. The van der Waals surface area contributed by atoms with Crippen molar-refractivity contribution in [1.82, 2.24) is 0 Å². The molecular formula is C28H30O12. The third-order valence-electron chi connectivity index (χ3n) is 5.67. The zero-order chi connectivity index (χ0) is 29.4. The van der Waals surface area contributed by atoms with Gasteiger partial charge in [-0.25, -0.2) is 4.79 Å². The van der Waals surface area contributed by atoms with Gasteiger partial charge in [0.1, 0.15) is 18.5 Å². The molecule has 0 bridgehead atoms. The van der Waals surface area contributed by atoms with Crippen molar-refractivity contribution >= 4 is 29.8 Å². The number of hydrogen-bond acceptors (Lipinski definition) is 12. The monoisotopic (exact) mass is 558 g/mol. The van der Waals surface area contributed by atoms with Crippen LogP contribution < -0.4 is 4.74 Å². The highest BCUT2D eigenvalue weighted by Gasteiger charge is 2.53. The van der Waals surface area contributed by atoms with E-state index in [2.05, 4.69) is 0 Å². The van der Waals surface area contributed by atoms with Crippen molar-refractivity contribution in [3.05, 3.63) is 54.1 Å². The van der Waals surface area contributed by atoms with Gasteiger partial charge in [-0.2, -0.15) is 0 Å². The molecule has 0 spiro atoms. The van der Waals surface area contributed by atoms with Crippen LogP contribution in [0.25, 0.3) is 11.1 Å². The third kappa shape index (κ3) is 8.03. The predicted octanol–water partition coefficient (Wildman–Crippen LogP) is 2.60. The van der Waals surface area contributed by atoms with Crippen molar-refractivity contribution in [3.63, 3.8) is 0 Å². The van der Waals surface area contributed by atoms with Gasteiger partial charge in [0.2, 0.25) is 12.4 Å². The van der Waals surface area contributed by atoms with Gasteiger partial charge in [0, 0.05) is 27.7 Å². The molecule has 214 valence electrons. The molecule has 0 N–H and O–H groups in total. The first-order chi connectivity index (χ1) is 19.0. The van der Waals surface area contributed by atoms with Gasteiger partial charge in [-0.05, 0) is 35.4 Å². The Kier molecular flexibility index (Phi) is 10.2. The predicted molar refractivity (Wildman–Crippen MR) is 136 cm³/mol. The Morgan fingerprint density at radius 2 is 1.32 bits per heavy atom. The molecule has 1 fully saturated rings. The van der Waals surface area contributed by atoms with Gasteiger partial charge in [0.05, 0.1) is 12.7 Å². The molecule has 40 heavy (non-hydrogen) atoms. The summed E-state index contributed by atoms with van der Waals surface area (Å²) >= 11 is 0. The molecule has 12 heteroatoms. The SMILES string of the molecule is COC(=O)c1ccc(-c2cccc(O[C@@H]3O[C@H](COC(C)=O)[C@@H](OC(C)=O)[C@H](OC(C)=O)[C@@H]3OC(C)=O)c2)cc1. The minimum atomic E-state index is -1.36. The van der Waals surface area contributed by atoms with Crippen LogP contribution in [0.3, 0.4) is 0 Å². The summed E-state index contributed by atoms with van der Waals surface area (Å²) < 4.78 is 38.1. The molecule has 0 saturated carbocycles. The van der Waals surface area contributed by atoms with Gasteiger partial charge in [-0.15, -0.1) is 0 Å². The second kappa shape index (κ2) is 13.6. The van der Waals surface area contributed by atoms with E-state index in [4.69, 9.17) is 33.2 Å². The van der Waals surface area contributed by atoms with Crippen LogP contribution in [0.1, 0.15) is 38.1 Å². The molecule has 0 radical (unpaired) electrons. The fourth-order valence-corrected chi connectivity index (χ4v) is 4.08. The van der Waals surface area contributed by atoms with E-state index < -0.39 is 60.6 Å². The van der Waals surface area contributed by atoms with E-state index in [1.807, 2.05) is 6.07 Å². The molecule has 1 heterocycles. The Bertz CT molecular complexity index is 1240. The zero-order valence-corrected chi connectivity index (χ0v) is 22.6. The molecule has 3 rings (SSSR count).